The second-order valence-corrected chi connectivity index (χ2v) is 8.31. The van der Waals surface area contributed by atoms with Crippen molar-refractivity contribution in [2.45, 2.75) is 12.0 Å². The Morgan fingerprint density at radius 3 is 1.91 bits per heavy atom. The van der Waals surface area contributed by atoms with Gasteiger partial charge in [0.1, 0.15) is 29.1 Å². The first-order valence-corrected chi connectivity index (χ1v) is 11.8. The molecule has 2 aliphatic rings. The largest absolute Gasteiger partial charge is 0.497 e. The van der Waals surface area contributed by atoms with E-state index >= 15 is 0 Å². The molecule has 178 valence electrons. The van der Waals surface area contributed by atoms with E-state index in [-0.39, 0.29) is 24.4 Å². The number of nitrogens with zero attached hydrogens (tertiary/aromatic N) is 1. The van der Waals surface area contributed by atoms with Crippen LogP contribution in [0.5, 0.6) is 23.0 Å². The lowest BCUT2D eigenvalue weighted by molar-refractivity contribution is 0.139. The smallest absolute Gasteiger partial charge is 0.138 e. The third-order valence-electron chi connectivity index (χ3n) is 5.39. The third kappa shape index (κ3) is 6.42. The quantitative estimate of drug-likeness (QED) is 0.412. The molecule has 9 heteroatoms. The van der Waals surface area contributed by atoms with Crippen LogP contribution >= 0.6 is 47.2 Å². The van der Waals surface area contributed by atoms with E-state index < -0.39 is 0 Å². The molecule has 0 bridgehead atoms. The van der Waals surface area contributed by atoms with Gasteiger partial charge < -0.3 is 18.9 Å². The fourth-order valence-corrected chi connectivity index (χ4v) is 4.48. The summed E-state index contributed by atoms with van der Waals surface area (Å²) < 4.78 is 22.6. The molecule has 0 aromatic heterocycles. The van der Waals surface area contributed by atoms with Crippen LogP contribution in [0.1, 0.15) is 23.1 Å². The predicted octanol–water partition coefficient (Wildman–Crippen LogP) is 5.74. The Balaban J connectivity index is 0.000000285. The highest BCUT2D eigenvalue weighted by molar-refractivity contribution is 6.18. The molecule has 4 rings (SSSR count). The fraction of sp³-hybridized carbons (Fsp3) is 0.478. The average Bonchev–Trinajstić information content (AvgIpc) is 3.17. The van der Waals surface area contributed by atoms with Crippen molar-refractivity contribution in [2.24, 2.45) is 0 Å². The number of halogens is 4. The summed E-state index contributed by atoms with van der Waals surface area (Å²) in [6, 6.07) is 11.9. The molecule has 2 atom stereocenters. The Hall–Kier alpha value is -1.24. The van der Waals surface area contributed by atoms with Crippen molar-refractivity contribution in [1.29, 1.82) is 0 Å². The number of methoxy groups -OCH3 is 2. The topological polar surface area (TPSA) is 40.2 Å². The minimum absolute atomic E-state index is 0. The molecular formula is C23H29Cl4NO4. The molecule has 2 heterocycles. The Kier molecular flexibility index (Phi) is 11.4. The van der Waals surface area contributed by atoms with E-state index in [9.17, 15) is 0 Å². The second-order valence-electron chi connectivity index (χ2n) is 7.17. The lowest BCUT2D eigenvalue weighted by Crippen LogP contribution is -2.29. The van der Waals surface area contributed by atoms with Gasteiger partial charge in [-0.1, -0.05) is 6.07 Å². The zero-order chi connectivity index (χ0) is 22.2. The highest BCUT2D eigenvalue weighted by Crippen LogP contribution is 2.52. The summed E-state index contributed by atoms with van der Waals surface area (Å²) in [5, 5.41) is 0. The summed E-state index contributed by atoms with van der Waals surface area (Å²) in [6.45, 7) is 3.24. The minimum Gasteiger partial charge on any atom is -0.497 e. The van der Waals surface area contributed by atoms with E-state index in [4.69, 9.17) is 53.8 Å². The van der Waals surface area contributed by atoms with Gasteiger partial charge in [-0.2, -0.15) is 0 Å². The van der Waals surface area contributed by atoms with Crippen molar-refractivity contribution in [2.75, 3.05) is 58.1 Å². The standard InChI is InChI=1S/C17H16O4.C6H12Cl3N.ClH/c1-18-10-4-6-13-15(7-10)20-9-14-12-5-3-11(19-2)8-16(12)21-17(13)14;7-1-4-10(5-2-8)6-3-9;/h3-8,14,17H,9H2,1-2H3;1-6H2;1H. The van der Waals surface area contributed by atoms with Crippen molar-refractivity contribution < 1.29 is 18.9 Å². The van der Waals surface area contributed by atoms with Gasteiger partial charge in [0, 0.05) is 60.5 Å². The summed E-state index contributed by atoms with van der Waals surface area (Å²) in [5.41, 5.74) is 2.25. The molecule has 0 amide bonds. The van der Waals surface area contributed by atoms with E-state index in [1.165, 1.54) is 5.56 Å². The Morgan fingerprint density at radius 1 is 0.844 bits per heavy atom. The summed E-state index contributed by atoms with van der Waals surface area (Å²) in [6.07, 6.45) is 0.00163. The van der Waals surface area contributed by atoms with Crippen molar-refractivity contribution in [3.63, 3.8) is 0 Å². The van der Waals surface area contributed by atoms with Crippen LogP contribution in [0.15, 0.2) is 36.4 Å². The van der Waals surface area contributed by atoms with Crippen LogP contribution in [-0.2, 0) is 0 Å². The van der Waals surface area contributed by atoms with Gasteiger partial charge >= 0.3 is 0 Å². The van der Waals surface area contributed by atoms with E-state index in [0.717, 1.165) is 48.2 Å². The Morgan fingerprint density at radius 2 is 1.38 bits per heavy atom. The second kappa shape index (κ2) is 13.5. The molecule has 0 N–H and O–H groups in total. The molecule has 2 aromatic carbocycles. The average molecular weight is 525 g/mol. The van der Waals surface area contributed by atoms with E-state index in [0.29, 0.717) is 24.2 Å². The van der Waals surface area contributed by atoms with Crippen LogP contribution in [0.2, 0.25) is 0 Å². The van der Waals surface area contributed by atoms with Gasteiger partial charge in [0.15, 0.2) is 0 Å². The number of fused-ring (bicyclic) bond motifs is 5. The molecule has 0 fully saturated rings. The van der Waals surface area contributed by atoms with Crippen LogP contribution in [0.3, 0.4) is 0 Å². The van der Waals surface area contributed by atoms with Crippen molar-refractivity contribution >= 4 is 47.2 Å². The van der Waals surface area contributed by atoms with Crippen LogP contribution in [0, 0.1) is 0 Å². The van der Waals surface area contributed by atoms with E-state index in [2.05, 4.69) is 11.0 Å². The first kappa shape index (κ1) is 27.0. The lowest BCUT2D eigenvalue weighted by atomic mass is 9.89. The maximum absolute atomic E-state index is 6.15. The summed E-state index contributed by atoms with van der Waals surface area (Å²) in [4.78, 5) is 2.15. The molecule has 0 saturated heterocycles. The van der Waals surface area contributed by atoms with Gasteiger partial charge in [-0.15, -0.1) is 47.2 Å². The molecular weight excluding hydrogens is 496 g/mol. The minimum atomic E-state index is 0. The van der Waals surface area contributed by atoms with Crippen molar-refractivity contribution in [3.05, 3.63) is 47.5 Å². The number of alkyl halides is 3. The maximum atomic E-state index is 6.15. The lowest BCUT2D eigenvalue weighted by Gasteiger charge is -2.28. The molecule has 0 aliphatic carbocycles. The molecule has 0 spiro atoms. The molecule has 5 nitrogen and oxygen atoms in total. The van der Waals surface area contributed by atoms with Gasteiger partial charge in [0.05, 0.1) is 26.7 Å². The van der Waals surface area contributed by atoms with E-state index in [1.54, 1.807) is 14.2 Å². The summed E-state index contributed by atoms with van der Waals surface area (Å²) >= 11 is 16.6. The number of benzene rings is 2. The van der Waals surface area contributed by atoms with Gasteiger partial charge in [0.25, 0.3) is 0 Å². The van der Waals surface area contributed by atoms with Gasteiger partial charge in [-0.3, -0.25) is 4.90 Å². The maximum Gasteiger partial charge on any atom is 0.138 e. The summed E-state index contributed by atoms with van der Waals surface area (Å²) in [5.74, 6) is 5.50. The van der Waals surface area contributed by atoms with Gasteiger partial charge in [0.2, 0.25) is 0 Å². The third-order valence-corrected chi connectivity index (χ3v) is 5.89. The zero-order valence-electron chi connectivity index (χ0n) is 18.2. The summed E-state index contributed by atoms with van der Waals surface area (Å²) in [7, 11) is 3.32. The number of hydrogen-bond acceptors (Lipinski definition) is 5. The van der Waals surface area contributed by atoms with Crippen LogP contribution in [0.4, 0.5) is 0 Å². The number of hydrogen-bond donors (Lipinski definition) is 0. The first-order chi connectivity index (χ1) is 15.1. The van der Waals surface area contributed by atoms with Gasteiger partial charge in [-0.25, -0.2) is 0 Å². The highest BCUT2D eigenvalue weighted by atomic mass is 35.5. The molecule has 2 aliphatic heterocycles. The molecule has 32 heavy (non-hydrogen) atoms. The monoisotopic (exact) mass is 523 g/mol. The normalized spacial score (nSPS) is 17.4. The molecule has 2 unspecified atom stereocenters. The zero-order valence-corrected chi connectivity index (χ0v) is 21.3. The highest BCUT2D eigenvalue weighted by Gasteiger charge is 2.40. The number of ether oxygens (including phenoxy) is 4. The van der Waals surface area contributed by atoms with Crippen LogP contribution in [-0.4, -0.2) is 63.0 Å². The molecule has 0 saturated carbocycles. The van der Waals surface area contributed by atoms with Gasteiger partial charge in [-0.05, 0) is 18.2 Å². The molecule has 0 radical (unpaired) electrons. The van der Waals surface area contributed by atoms with Crippen molar-refractivity contribution in [1.82, 2.24) is 4.90 Å². The van der Waals surface area contributed by atoms with E-state index in [1.807, 2.05) is 30.3 Å². The fourth-order valence-electron chi connectivity index (χ4n) is 3.76. The Bertz CT molecular complexity index is 840. The Labute approximate surface area is 211 Å². The predicted molar refractivity (Wildman–Crippen MR) is 133 cm³/mol. The van der Waals surface area contributed by atoms with Crippen molar-refractivity contribution in [3.8, 4) is 23.0 Å². The molecule has 2 aromatic rings. The number of rotatable bonds is 8. The van der Waals surface area contributed by atoms with Crippen LogP contribution < -0.4 is 18.9 Å². The first-order valence-electron chi connectivity index (χ1n) is 10.2. The van der Waals surface area contributed by atoms with Crippen LogP contribution in [0.25, 0.3) is 0 Å². The SMILES string of the molecule is COc1ccc2c(c1)OC1c3ccc(OC)cc3OCC21.Cl.ClCCN(CCCl)CCCl.